The van der Waals surface area contributed by atoms with Crippen LogP contribution in [0.15, 0.2) is 12.2 Å². The number of aliphatic carboxylic acids is 1. The second-order valence-electron chi connectivity index (χ2n) is 3.42. The van der Waals surface area contributed by atoms with Gasteiger partial charge >= 0.3 is 12.0 Å². The topological polar surface area (TPSA) is 95.9 Å². The summed E-state index contributed by atoms with van der Waals surface area (Å²) >= 11 is 0. The van der Waals surface area contributed by atoms with Crippen LogP contribution in [-0.2, 0) is 14.3 Å². The molecule has 0 aliphatic carbocycles. The number of urea groups is 1. The van der Waals surface area contributed by atoms with E-state index in [2.05, 4.69) is 5.32 Å². The Kier molecular flexibility index (Phi) is 5.15. The second-order valence-corrected chi connectivity index (χ2v) is 3.42. The first-order chi connectivity index (χ1) is 8.09. The third-order valence-corrected chi connectivity index (χ3v) is 2.12. The third-order valence-electron chi connectivity index (χ3n) is 2.12. The summed E-state index contributed by atoms with van der Waals surface area (Å²) in [5.74, 6) is -1.99. The maximum atomic E-state index is 11.6. The maximum absolute atomic E-state index is 11.6. The molecule has 0 saturated carbocycles. The Bertz CT molecular complexity index is 332. The van der Waals surface area contributed by atoms with Crippen LogP contribution >= 0.6 is 0 Å². The number of carboxylic acid groups (broad SMARTS) is 1. The summed E-state index contributed by atoms with van der Waals surface area (Å²) in [5, 5.41) is 10.4. The summed E-state index contributed by atoms with van der Waals surface area (Å²) in [7, 11) is 0. The number of hydrogen-bond acceptors (Lipinski definition) is 4. The predicted octanol–water partition coefficient (Wildman–Crippen LogP) is -0.414. The van der Waals surface area contributed by atoms with E-state index < -0.39 is 17.9 Å². The lowest BCUT2D eigenvalue weighted by Crippen LogP contribution is -2.43. The van der Waals surface area contributed by atoms with Crippen LogP contribution in [0, 0.1) is 0 Å². The number of amides is 3. The van der Waals surface area contributed by atoms with Crippen LogP contribution in [0.25, 0.3) is 0 Å². The molecular weight excluding hydrogens is 228 g/mol. The Hall–Kier alpha value is -1.89. The molecule has 0 aromatic carbocycles. The number of nitrogens with one attached hydrogen (secondary N) is 1. The molecule has 0 aromatic heterocycles. The SMILES string of the molecule is O=C(O)C=CC(=O)NC(=O)N1CCCOCC1. The number of ether oxygens (including phenoxy) is 1. The second kappa shape index (κ2) is 6.64. The molecule has 0 unspecified atom stereocenters. The van der Waals surface area contributed by atoms with Crippen LogP contribution < -0.4 is 5.32 Å². The molecule has 7 heteroatoms. The highest BCUT2D eigenvalue weighted by molar-refractivity contribution is 6.02. The Morgan fingerprint density at radius 3 is 2.65 bits per heavy atom. The summed E-state index contributed by atoms with van der Waals surface area (Å²) < 4.78 is 5.16. The molecule has 0 spiro atoms. The van der Waals surface area contributed by atoms with Gasteiger partial charge in [-0.05, 0) is 6.42 Å². The fraction of sp³-hybridized carbons (Fsp3) is 0.500. The molecule has 17 heavy (non-hydrogen) atoms. The molecular formula is C10H14N2O5. The van der Waals surface area contributed by atoms with Crippen LogP contribution in [0.1, 0.15) is 6.42 Å². The van der Waals surface area contributed by atoms with Crippen LogP contribution in [0.5, 0.6) is 0 Å². The van der Waals surface area contributed by atoms with Gasteiger partial charge in [0.25, 0.3) is 5.91 Å². The van der Waals surface area contributed by atoms with Gasteiger partial charge in [0.2, 0.25) is 0 Å². The molecule has 1 aliphatic heterocycles. The van der Waals surface area contributed by atoms with E-state index >= 15 is 0 Å². The number of carbonyl (C=O) groups excluding carboxylic acids is 2. The molecule has 1 fully saturated rings. The van der Waals surface area contributed by atoms with Crippen molar-refractivity contribution in [1.82, 2.24) is 10.2 Å². The van der Waals surface area contributed by atoms with Gasteiger partial charge < -0.3 is 14.7 Å². The molecule has 1 saturated heterocycles. The van der Waals surface area contributed by atoms with E-state index in [0.717, 1.165) is 6.08 Å². The molecule has 1 heterocycles. The summed E-state index contributed by atoms with van der Waals surface area (Å²) in [4.78, 5) is 34.3. The van der Waals surface area contributed by atoms with E-state index in [1.807, 2.05) is 0 Å². The smallest absolute Gasteiger partial charge is 0.328 e. The van der Waals surface area contributed by atoms with Crippen molar-refractivity contribution < 1.29 is 24.2 Å². The Morgan fingerprint density at radius 2 is 1.94 bits per heavy atom. The minimum Gasteiger partial charge on any atom is -0.478 e. The fourth-order valence-corrected chi connectivity index (χ4v) is 1.32. The molecule has 94 valence electrons. The highest BCUT2D eigenvalue weighted by Gasteiger charge is 2.16. The predicted molar refractivity (Wildman–Crippen MR) is 57.3 cm³/mol. The van der Waals surface area contributed by atoms with Gasteiger partial charge in [0.1, 0.15) is 0 Å². The zero-order valence-electron chi connectivity index (χ0n) is 9.22. The number of rotatable bonds is 2. The minimum absolute atomic E-state index is 0.418. The Balaban J connectivity index is 2.41. The van der Waals surface area contributed by atoms with Gasteiger partial charge in [0, 0.05) is 31.8 Å². The first-order valence-corrected chi connectivity index (χ1v) is 5.18. The van der Waals surface area contributed by atoms with Crippen LogP contribution in [0.3, 0.4) is 0 Å². The van der Waals surface area contributed by atoms with Gasteiger partial charge in [-0.25, -0.2) is 9.59 Å². The van der Waals surface area contributed by atoms with Crippen LogP contribution in [0.4, 0.5) is 4.79 Å². The molecule has 0 radical (unpaired) electrons. The van der Waals surface area contributed by atoms with Crippen molar-refractivity contribution in [2.45, 2.75) is 6.42 Å². The largest absolute Gasteiger partial charge is 0.478 e. The molecule has 7 nitrogen and oxygen atoms in total. The number of carboxylic acids is 1. The Morgan fingerprint density at radius 1 is 1.18 bits per heavy atom. The standard InChI is InChI=1S/C10H14N2O5/c13-8(2-3-9(14)15)11-10(16)12-4-1-6-17-7-5-12/h2-3H,1,4-7H2,(H,14,15)(H,11,13,16). The van der Waals surface area contributed by atoms with Gasteiger partial charge in [0.05, 0.1) is 6.61 Å². The van der Waals surface area contributed by atoms with Gasteiger partial charge in [0.15, 0.2) is 0 Å². The summed E-state index contributed by atoms with van der Waals surface area (Å²) in [6.07, 6.45) is 2.19. The quantitative estimate of drug-likeness (QED) is 0.641. The molecule has 1 aliphatic rings. The zero-order valence-corrected chi connectivity index (χ0v) is 9.22. The van der Waals surface area contributed by atoms with E-state index in [0.29, 0.717) is 38.8 Å². The van der Waals surface area contributed by atoms with Crippen LogP contribution in [-0.4, -0.2) is 54.2 Å². The van der Waals surface area contributed by atoms with Crippen molar-refractivity contribution in [3.05, 3.63) is 12.2 Å². The summed E-state index contributed by atoms with van der Waals surface area (Å²) in [6.45, 7) is 1.97. The average molecular weight is 242 g/mol. The zero-order chi connectivity index (χ0) is 12.7. The van der Waals surface area contributed by atoms with Crippen molar-refractivity contribution in [1.29, 1.82) is 0 Å². The van der Waals surface area contributed by atoms with E-state index in [9.17, 15) is 14.4 Å². The average Bonchev–Trinajstić information content (AvgIpc) is 2.54. The number of carbonyl (C=O) groups is 3. The first kappa shape index (κ1) is 13.2. The summed E-state index contributed by atoms with van der Waals surface area (Å²) in [5.41, 5.74) is 0. The molecule has 0 aromatic rings. The van der Waals surface area contributed by atoms with Crippen molar-refractivity contribution in [3.8, 4) is 0 Å². The summed E-state index contributed by atoms with van der Waals surface area (Å²) in [6, 6.07) is -0.532. The highest BCUT2D eigenvalue weighted by atomic mass is 16.5. The van der Waals surface area contributed by atoms with Crippen LogP contribution in [0.2, 0.25) is 0 Å². The van der Waals surface area contributed by atoms with Gasteiger partial charge in [-0.3, -0.25) is 10.1 Å². The van der Waals surface area contributed by atoms with Crippen molar-refractivity contribution in [2.75, 3.05) is 26.3 Å². The van der Waals surface area contributed by atoms with E-state index in [1.165, 1.54) is 4.90 Å². The maximum Gasteiger partial charge on any atom is 0.328 e. The number of imide groups is 1. The number of nitrogens with zero attached hydrogens (tertiary/aromatic N) is 1. The lowest BCUT2D eigenvalue weighted by Gasteiger charge is -2.18. The Labute approximate surface area is 98.0 Å². The van der Waals surface area contributed by atoms with Gasteiger partial charge in [-0.15, -0.1) is 0 Å². The van der Waals surface area contributed by atoms with Crippen molar-refractivity contribution in [2.24, 2.45) is 0 Å². The van der Waals surface area contributed by atoms with Crippen molar-refractivity contribution in [3.63, 3.8) is 0 Å². The normalized spacial score (nSPS) is 16.6. The molecule has 2 N–H and O–H groups in total. The molecule has 3 amide bonds. The molecule has 1 rings (SSSR count). The molecule has 0 atom stereocenters. The lowest BCUT2D eigenvalue weighted by atomic mass is 10.4. The first-order valence-electron chi connectivity index (χ1n) is 5.18. The minimum atomic E-state index is -1.24. The monoisotopic (exact) mass is 242 g/mol. The molecule has 0 bridgehead atoms. The highest BCUT2D eigenvalue weighted by Crippen LogP contribution is 1.99. The van der Waals surface area contributed by atoms with Gasteiger partial charge in [-0.2, -0.15) is 0 Å². The fourth-order valence-electron chi connectivity index (χ4n) is 1.32. The van der Waals surface area contributed by atoms with Gasteiger partial charge in [-0.1, -0.05) is 0 Å². The van der Waals surface area contributed by atoms with E-state index in [4.69, 9.17) is 9.84 Å². The van der Waals surface area contributed by atoms with E-state index in [-0.39, 0.29) is 0 Å². The lowest BCUT2D eigenvalue weighted by molar-refractivity contribution is -0.131. The van der Waals surface area contributed by atoms with E-state index in [1.54, 1.807) is 0 Å². The third kappa shape index (κ3) is 5.12. The van der Waals surface area contributed by atoms with Crippen molar-refractivity contribution >= 4 is 17.9 Å². The number of hydrogen-bond donors (Lipinski definition) is 2.